The van der Waals surface area contributed by atoms with Gasteiger partial charge < -0.3 is 24.7 Å². The number of esters is 1. The molecular formula is C14H21NO6. The summed E-state index contributed by atoms with van der Waals surface area (Å²) in [7, 11) is 0. The largest absolute Gasteiger partial charge is 0.454 e. The number of fused-ring (bicyclic) bond motifs is 1. The van der Waals surface area contributed by atoms with Gasteiger partial charge >= 0.3 is 5.97 Å². The Bertz CT molecular complexity index is 395. The summed E-state index contributed by atoms with van der Waals surface area (Å²) in [4.78, 5) is 21.6. The number of rotatable bonds is 7. The Kier molecular flexibility index (Phi) is 5.86. The summed E-state index contributed by atoms with van der Waals surface area (Å²) >= 11 is 0. The number of aldehydes is 1. The third-order valence-electron chi connectivity index (χ3n) is 3.63. The van der Waals surface area contributed by atoms with Crippen molar-refractivity contribution in [1.82, 2.24) is 0 Å². The summed E-state index contributed by atoms with van der Waals surface area (Å²) in [6.45, 7) is 3.10. The topological polar surface area (TPSA) is 97.1 Å². The molecule has 5 atom stereocenters. The van der Waals surface area contributed by atoms with E-state index in [1.54, 1.807) is 0 Å². The Hall–Kier alpha value is -1.28. The molecule has 2 rings (SSSR count). The lowest BCUT2D eigenvalue weighted by molar-refractivity contribution is -0.148. The highest BCUT2D eigenvalue weighted by atomic mass is 16.7. The lowest BCUT2D eigenvalue weighted by atomic mass is 10.1. The van der Waals surface area contributed by atoms with E-state index in [0.717, 1.165) is 18.6 Å². The van der Waals surface area contributed by atoms with E-state index in [2.05, 4.69) is 0 Å². The summed E-state index contributed by atoms with van der Waals surface area (Å²) < 4.78 is 22.4. The van der Waals surface area contributed by atoms with Gasteiger partial charge in [0.05, 0.1) is 19.3 Å². The van der Waals surface area contributed by atoms with E-state index in [4.69, 9.17) is 24.7 Å². The van der Waals surface area contributed by atoms with E-state index >= 15 is 0 Å². The molecule has 0 aliphatic carbocycles. The van der Waals surface area contributed by atoms with E-state index in [1.807, 2.05) is 6.92 Å². The van der Waals surface area contributed by atoms with Gasteiger partial charge in [-0.15, -0.1) is 0 Å². The number of carbonyl (C=O) groups excluding carboxylic acids is 2. The van der Waals surface area contributed by atoms with Gasteiger partial charge in [-0.25, -0.2) is 4.79 Å². The minimum Gasteiger partial charge on any atom is -0.454 e. The predicted octanol–water partition coefficient (Wildman–Crippen LogP) is -0.427. The molecule has 2 heterocycles. The number of ether oxygens (including phenoxy) is 4. The number of hydrogen-bond donors (Lipinski definition) is 1. The van der Waals surface area contributed by atoms with E-state index in [-0.39, 0.29) is 31.0 Å². The molecule has 0 amide bonds. The normalized spacial score (nSPS) is 33.0. The van der Waals surface area contributed by atoms with Crippen LogP contribution in [0.4, 0.5) is 0 Å². The zero-order valence-electron chi connectivity index (χ0n) is 12.0. The van der Waals surface area contributed by atoms with Crippen LogP contribution in [0.5, 0.6) is 0 Å². The highest BCUT2D eigenvalue weighted by molar-refractivity contribution is 5.86. The fourth-order valence-corrected chi connectivity index (χ4v) is 2.52. The molecule has 2 fully saturated rings. The monoisotopic (exact) mass is 299 g/mol. The molecule has 0 aromatic heterocycles. The number of hydrogen-bond acceptors (Lipinski definition) is 7. The molecule has 0 bridgehead atoms. The average molecular weight is 299 g/mol. The minimum absolute atomic E-state index is 0.0296. The van der Waals surface area contributed by atoms with Crippen molar-refractivity contribution < 1.29 is 28.5 Å². The number of carbonyl (C=O) groups is 2. The Morgan fingerprint density at radius 2 is 2.00 bits per heavy atom. The maximum absolute atomic E-state index is 11.5. The fraction of sp³-hybridized carbons (Fsp3) is 0.714. The quantitative estimate of drug-likeness (QED) is 0.387. The second kappa shape index (κ2) is 7.65. The van der Waals surface area contributed by atoms with E-state index in [9.17, 15) is 9.59 Å². The van der Waals surface area contributed by atoms with Crippen LogP contribution in [0.3, 0.4) is 0 Å². The summed E-state index contributed by atoms with van der Waals surface area (Å²) in [6, 6.07) is 0. The van der Waals surface area contributed by atoms with Gasteiger partial charge in [-0.05, 0) is 12.5 Å². The van der Waals surface area contributed by atoms with Crippen molar-refractivity contribution in [2.45, 2.75) is 43.9 Å². The number of allylic oxidation sites excluding steroid dienone is 1. The van der Waals surface area contributed by atoms with Crippen molar-refractivity contribution >= 4 is 12.3 Å². The van der Waals surface area contributed by atoms with Gasteiger partial charge in [0, 0.05) is 12.6 Å². The van der Waals surface area contributed by atoms with Crippen molar-refractivity contribution in [3.63, 3.8) is 0 Å². The molecule has 0 spiro atoms. The van der Waals surface area contributed by atoms with E-state index in [0.29, 0.717) is 19.4 Å². The van der Waals surface area contributed by atoms with E-state index < -0.39 is 12.1 Å². The van der Waals surface area contributed by atoms with Crippen molar-refractivity contribution in [3.05, 3.63) is 12.2 Å². The molecule has 7 nitrogen and oxygen atoms in total. The van der Waals surface area contributed by atoms with Crippen molar-refractivity contribution in [2.75, 3.05) is 19.8 Å². The Morgan fingerprint density at radius 3 is 2.62 bits per heavy atom. The first kappa shape index (κ1) is 16.1. The second-order valence-corrected chi connectivity index (χ2v) is 5.01. The van der Waals surface area contributed by atoms with Gasteiger partial charge in [0.1, 0.15) is 24.6 Å². The Labute approximate surface area is 123 Å². The summed E-state index contributed by atoms with van der Waals surface area (Å²) in [5.74, 6) is -0.585. The highest BCUT2D eigenvalue weighted by Crippen LogP contribution is 2.31. The zero-order valence-corrected chi connectivity index (χ0v) is 12.0. The molecule has 21 heavy (non-hydrogen) atoms. The van der Waals surface area contributed by atoms with Crippen LogP contribution >= 0.6 is 0 Å². The van der Waals surface area contributed by atoms with Gasteiger partial charge in [0.25, 0.3) is 0 Å². The lowest BCUT2D eigenvalue weighted by Gasteiger charge is -2.22. The molecule has 7 heteroatoms. The molecule has 2 aliphatic heterocycles. The maximum atomic E-state index is 11.5. The molecule has 2 saturated heterocycles. The van der Waals surface area contributed by atoms with Crippen molar-refractivity contribution in [1.29, 1.82) is 0 Å². The van der Waals surface area contributed by atoms with Gasteiger partial charge in [-0.1, -0.05) is 6.92 Å². The predicted molar refractivity (Wildman–Crippen MR) is 72.6 cm³/mol. The van der Waals surface area contributed by atoms with E-state index in [1.165, 1.54) is 0 Å². The third-order valence-corrected chi connectivity index (χ3v) is 3.63. The molecule has 0 radical (unpaired) electrons. The van der Waals surface area contributed by atoms with Crippen LogP contribution in [0.1, 0.15) is 13.3 Å². The van der Waals surface area contributed by atoms with Gasteiger partial charge in [0.2, 0.25) is 0 Å². The van der Waals surface area contributed by atoms with Crippen LogP contribution in [0.2, 0.25) is 0 Å². The molecular weight excluding hydrogens is 278 g/mol. The van der Waals surface area contributed by atoms with Gasteiger partial charge in [-0.2, -0.15) is 0 Å². The standard InChI is InChI=1S/C14H21NO6/c1-2-9(6-15)20-10-7-18-14-11(8-19-13(10)14)21-12(17)4-3-5-16/h3-5,9-11,13-14H,2,6-8,15H2,1H3/b4-3+/t9-,10+,11-,13?,14?/m1/s1. The number of nitrogens with two attached hydrogens (primary N) is 1. The van der Waals surface area contributed by atoms with Crippen LogP contribution in [-0.4, -0.2) is 62.5 Å². The Morgan fingerprint density at radius 1 is 1.33 bits per heavy atom. The van der Waals surface area contributed by atoms with Crippen LogP contribution in [-0.2, 0) is 28.5 Å². The van der Waals surface area contributed by atoms with Crippen LogP contribution in [0.15, 0.2) is 12.2 Å². The molecule has 0 saturated carbocycles. The first-order chi connectivity index (χ1) is 10.2. The van der Waals surface area contributed by atoms with Gasteiger partial charge in [-0.3, -0.25) is 4.79 Å². The first-order valence-electron chi connectivity index (χ1n) is 7.10. The van der Waals surface area contributed by atoms with Crippen molar-refractivity contribution in [3.8, 4) is 0 Å². The Balaban J connectivity index is 1.88. The van der Waals surface area contributed by atoms with Crippen LogP contribution < -0.4 is 5.73 Å². The zero-order chi connectivity index (χ0) is 15.2. The molecule has 0 aromatic carbocycles. The molecule has 0 aromatic rings. The summed E-state index contributed by atoms with van der Waals surface area (Å²) in [5.41, 5.74) is 5.63. The first-order valence-corrected chi connectivity index (χ1v) is 7.10. The fourth-order valence-electron chi connectivity index (χ4n) is 2.52. The third kappa shape index (κ3) is 3.88. The minimum atomic E-state index is -0.585. The smallest absolute Gasteiger partial charge is 0.331 e. The molecule has 2 N–H and O–H groups in total. The summed E-state index contributed by atoms with van der Waals surface area (Å²) in [5, 5.41) is 0. The highest BCUT2D eigenvalue weighted by Gasteiger charge is 2.50. The molecule has 2 unspecified atom stereocenters. The molecule has 118 valence electrons. The van der Waals surface area contributed by atoms with Crippen LogP contribution in [0.25, 0.3) is 0 Å². The average Bonchev–Trinajstić information content (AvgIpc) is 3.06. The van der Waals surface area contributed by atoms with Crippen LogP contribution in [0, 0.1) is 0 Å². The van der Waals surface area contributed by atoms with Crippen molar-refractivity contribution in [2.24, 2.45) is 5.73 Å². The molecule has 2 aliphatic rings. The maximum Gasteiger partial charge on any atom is 0.331 e. The summed E-state index contributed by atoms with van der Waals surface area (Å²) in [6.07, 6.45) is 2.20. The SMILES string of the molecule is CC[C@H](CN)O[C@H]1COC2C1OC[C@H]2OC(=O)/C=C/C=O. The lowest BCUT2D eigenvalue weighted by Crippen LogP contribution is -2.38. The van der Waals surface area contributed by atoms with Gasteiger partial charge in [0.15, 0.2) is 6.10 Å². The second-order valence-electron chi connectivity index (χ2n) is 5.01.